The molecule has 1 aromatic rings. The molecule has 0 fully saturated rings. The maximum absolute atomic E-state index is 9.85. The van der Waals surface area contributed by atoms with Crippen molar-refractivity contribution in [2.75, 3.05) is 5.75 Å². The summed E-state index contributed by atoms with van der Waals surface area (Å²) in [5.41, 5.74) is 0.974. The smallest absolute Gasteiger partial charge is 0.115 e. The minimum absolute atomic E-state index is 0.180. The molecule has 1 aromatic carbocycles. The number of hydrogen-bond donors (Lipinski definition) is 2. The summed E-state index contributed by atoms with van der Waals surface area (Å²) in [6, 6.07) is 7.06. The Bertz CT molecular complexity index is 331. The van der Waals surface area contributed by atoms with Gasteiger partial charge in [-0.05, 0) is 24.1 Å². The Morgan fingerprint density at radius 2 is 2.00 bits per heavy atom. The number of hydrogen-bond acceptors (Lipinski definition) is 3. The van der Waals surface area contributed by atoms with E-state index in [-0.39, 0.29) is 16.6 Å². The molecule has 1 atom stereocenters. The number of rotatable bonds is 4. The Labute approximate surface area is 102 Å². The highest BCUT2D eigenvalue weighted by Crippen LogP contribution is 2.24. The van der Waals surface area contributed by atoms with Crippen LogP contribution >= 0.6 is 11.8 Å². The highest BCUT2D eigenvalue weighted by atomic mass is 32.2. The van der Waals surface area contributed by atoms with Crippen LogP contribution < -0.4 is 0 Å². The van der Waals surface area contributed by atoms with Crippen LogP contribution in [0.25, 0.3) is 0 Å². The van der Waals surface area contributed by atoms with Crippen LogP contribution in [0, 0.1) is 0 Å². The number of phenols is 1. The monoisotopic (exact) mass is 240 g/mol. The Hall–Kier alpha value is -0.670. The number of thioether (sulfide) groups is 1. The van der Waals surface area contributed by atoms with Crippen molar-refractivity contribution < 1.29 is 10.2 Å². The van der Waals surface area contributed by atoms with E-state index in [1.807, 2.05) is 6.07 Å². The lowest BCUT2D eigenvalue weighted by atomic mass is 10.1. The molecule has 1 unspecified atom stereocenters. The second-order valence-corrected chi connectivity index (χ2v) is 6.80. The Balaban J connectivity index is 2.43. The van der Waals surface area contributed by atoms with Crippen LogP contribution in [0.1, 0.15) is 26.3 Å². The number of aromatic hydroxyl groups is 1. The Morgan fingerprint density at radius 3 is 2.56 bits per heavy atom. The van der Waals surface area contributed by atoms with E-state index >= 15 is 0 Å². The number of phenolic OH excluding ortho intramolecular Hbond substituents is 1. The van der Waals surface area contributed by atoms with Crippen molar-refractivity contribution in [2.24, 2.45) is 0 Å². The van der Waals surface area contributed by atoms with E-state index in [1.54, 1.807) is 30.0 Å². The van der Waals surface area contributed by atoms with Crippen LogP contribution in [0.2, 0.25) is 0 Å². The van der Waals surface area contributed by atoms with E-state index in [2.05, 4.69) is 20.8 Å². The molecule has 2 N–H and O–H groups in total. The largest absolute Gasteiger partial charge is 0.508 e. The lowest BCUT2D eigenvalue weighted by Gasteiger charge is -2.20. The van der Waals surface area contributed by atoms with Crippen molar-refractivity contribution in [3.8, 4) is 5.75 Å². The summed E-state index contributed by atoms with van der Waals surface area (Å²) in [6.45, 7) is 6.41. The second kappa shape index (κ2) is 5.60. The van der Waals surface area contributed by atoms with Gasteiger partial charge in [-0.15, -0.1) is 0 Å². The highest BCUT2D eigenvalue weighted by Gasteiger charge is 2.14. The third kappa shape index (κ3) is 5.42. The van der Waals surface area contributed by atoms with Crippen LogP contribution in [-0.2, 0) is 6.42 Å². The summed E-state index contributed by atoms with van der Waals surface area (Å²) in [6.07, 6.45) is 0.239. The van der Waals surface area contributed by atoms with Crippen molar-refractivity contribution >= 4 is 11.8 Å². The number of aliphatic hydroxyl groups excluding tert-OH is 1. The predicted octanol–water partition coefficient (Wildman–Crippen LogP) is 2.83. The molecular formula is C13H20O2S. The van der Waals surface area contributed by atoms with Crippen molar-refractivity contribution in [2.45, 2.75) is 38.0 Å². The van der Waals surface area contributed by atoms with E-state index < -0.39 is 0 Å². The van der Waals surface area contributed by atoms with Gasteiger partial charge < -0.3 is 10.2 Å². The first-order valence-corrected chi connectivity index (χ1v) is 6.45. The molecule has 0 aromatic heterocycles. The van der Waals surface area contributed by atoms with Gasteiger partial charge in [0.05, 0.1) is 6.10 Å². The molecule has 0 aliphatic rings. The maximum Gasteiger partial charge on any atom is 0.115 e. The fourth-order valence-electron chi connectivity index (χ4n) is 1.36. The molecule has 0 spiro atoms. The molecule has 2 nitrogen and oxygen atoms in total. The van der Waals surface area contributed by atoms with E-state index in [4.69, 9.17) is 0 Å². The quantitative estimate of drug-likeness (QED) is 0.850. The molecule has 0 aliphatic heterocycles. The molecule has 0 bridgehead atoms. The zero-order valence-corrected chi connectivity index (χ0v) is 10.9. The van der Waals surface area contributed by atoms with Crippen LogP contribution in [0.3, 0.4) is 0 Å². The number of aliphatic hydroxyl groups is 1. The average molecular weight is 240 g/mol. The fourth-order valence-corrected chi connectivity index (χ4v) is 2.17. The summed E-state index contributed by atoms with van der Waals surface area (Å²) in [4.78, 5) is 0. The van der Waals surface area contributed by atoms with E-state index in [0.29, 0.717) is 6.42 Å². The first kappa shape index (κ1) is 13.4. The summed E-state index contributed by atoms with van der Waals surface area (Å²) >= 11 is 1.75. The molecule has 0 radical (unpaired) electrons. The Kier molecular flexibility index (Phi) is 4.69. The lowest BCUT2D eigenvalue weighted by Crippen LogP contribution is -2.18. The standard InChI is InChI=1S/C13H20O2S/c1-13(2,3)16-9-12(15)8-10-5-4-6-11(14)7-10/h4-7,12,14-15H,8-9H2,1-3H3. The first-order chi connectivity index (χ1) is 7.37. The van der Waals surface area contributed by atoms with Gasteiger partial charge in [0.25, 0.3) is 0 Å². The maximum atomic E-state index is 9.85. The zero-order chi connectivity index (χ0) is 12.2. The van der Waals surface area contributed by atoms with E-state index in [1.165, 1.54) is 0 Å². The molecule has 3 heteroatoms. The second-order valence-electron chi connectivity index (χ2n) is 4.95. The van der Waals surface area contributed by atoms with Crippen LogP contribution in [0.5, 0.6) is 5.75 Å². The van der Waals surface area contributed by atoms with Gasteiger partial charge in [-0.25, -0.2) is 0 Å². The van der Waals surface area contributed by atoms with Gasteiger partial charge in [0.15, 0.2) is 0 Å². The van der Waals surface area contributed by atoms with Crippen molar-refractivity contribution in [1.82, 2.24) is 0 Å². The van der Waals surface area contributed by atoms with Crippen LogP contribution in [-0.4, -0.2) is 26.8 Å². The summed E-state index contributed by atoms with van der Waals surface area (Å²) in [7, 11) is 0. The van der Waals surface area contributed by atoms with Gasteiger partial charge >= 0.3 is 0 Å². The molecule has 1 rings (SSSR count). The molecule has 0 saturated carbocycles. The van der Waals surface area contributed by atoms with E-state index in [0.717, 1.165) is 11.3 Å². The van der Waals surface area contributed by atoms with Gasteiger partial charge in [-0.1, -0.05) is 32.9 Å². The number of benzene rings is 1. The van der Waals surface area contributed by atoms with Crippen LogP contribution in [0.15, 0.2) is 24.3 Å². The topological polar surface area (TPSA) is 40.5 Å². The predicted molar refractivity (Wildman–Crippen MR) is 70.0 cm³/mol. The summed E-state index contributed by atoms with van der Waals surface area (Å²) in [5.74, 6) is 0.979. The minimum atomic E-state index is -0.356. The van der Waals surface area contributed by atoms with Crippen molar-refractivity contribution in [3.05, 3.63) is 29.8 Å². The Morgan fingerprint density at radius 1 is 1.31 bits per heavy atom. The fraction of sp³-hybridized carbons (Fsp3) is 0.538. The van der Waals surface area contributed by atoms with Crippen LogP contribution in [0.4, 0.5) is 0 Å². The first-order valence-electron chi connectivity index (χ1n) is 5.47. The average Bonchev–Trinajstić information content (AvgIpc) is 2.14. The summed E-state index contributed by atoms with van der Waals surface area (Å²) < 4.78 is 0.180. The summed E-state index contributed by atoms with van der Waals surface area (Å²) in [5, 5.41) is 19.2. The molecule has 0 heterocycles. The SMILES string of the molecule is CC(C)(C)SCC(O)Cc1cccc(O)c1. The zero-order valence-electron chi connectivity index (χ0n) is 10.1. The van der Waals surface area contributed by atoms with Crippen molar-refractivity contribution in [3.63, 3.8) is 0 Å². The van der Waals surface area contributed by atoms with Gasteiger partial charge in [0.1, 0.15) is 5.75 Å². The third-order valence-corrected chi connectivity index (χ3v) is 3.51. The molecular weight excluding hydrogens is 220 g/mol. The normalized spacial score (nSPS) is 13.8. The molecule has 0 saturated heterocycles. The van der Waals surface area contributed by atoms with Gasteiger partial charge in [0, 0.05) is 10.5 Å². The lowest BCUT2D eigenvalue weighted by molar-refractivity contribution is 0.200. The molecule has 16 heavy (non-hydrogen) atoms. The van der Waals surface area contributed by atoms with Gasteiger partial charge in [-0.3, -0.25) is 0 Å². The molecule has 0 amide bonds. The highest BCUT2D eigenvalue weighted by molar-refractivity contribution is 8.00. The molecule has 0 aliphatic carbocycles. The van der Waals surface area contributed by atoms with Gasteiger partial charge in [-0.2, -0.15) is 11.8 Å². The molecule has 90 valence electrons. The van der Waals surface area contributed by atoms with Gasteiger partial charge in [0.2, 0.25) is 0 Å². The van der Waals surface area contributed by atoms with Crippen molar-refractivity contribution in [1.29, 1.82) is 0 Å². The minimum Gasteiger partial charge on any atom is -0.508 e. The third-order valence-electron chi connectivity index (χ3n) is 2.09. The van der Waals surface area contributed by atoms with E-state index in [9.17, 15) is 10.2 Å².